The van der Waals surface area contributed by atoms with E-state index in [1.165, 1.54) is 28.3 Å². The fraction of sp³-hybridized carbons (Fsp3) is 0.333. The van der Waals surface area contributed by atoms with Crippen molar-refractivity contribution in [3.63, 3.8) is 0 Å². The van der Waals surface area contributed by atoms with Gasteiger partial charge < -0.3 is 21.5 Å². The number of Topliss-reactive ketones (excluding diaryl/α,β-unsaturated/α-hetero) is 1. The number of carbonyl (C=O) groups is 1. The van der Waals surface area contributed by atoms with Gasteiger partial charge in [0.25, 0.3) is 0 Å². The molecule has 2 aromatic rings. The van der Waals surface area contributed by atoms with Crippen molar-refractivity contribution in [2.45, 2.75) is 32.2 Å². The Bertz CT molecular complexity index is 729. The number of benzene rings is 1. The molecule has 1 aliphatic carbocycles. The zero-order chi connectivity index (χ0) is 14.1. The summed E-state index contributed by atoms with van der Waals surface area (Å²) in [7, 11) is 0. The van der Waals surface area contributed by atoms with Crippen molar-refractivity contribution < 1.29 is 23.2 Å². The molecule has 0 spiro atoms. The molecule has 112 valence electrons. The van der Waals surface area contributed by atoms with Crippen LogP contribution in [0.5, 0.6) is 0 Å². The van der Waals surface area contributed by atoms with E-state index in [-0.39, 0.29) is 30.7 Å². The summed E-state index contributed by atoms with van der Waals surface area (Å²) in [5, 5.41) is 8.64. The molecule has 0 atom stereocenters. The van der Waals surface area contributed by atoms with Crippen LogP contribution in [0.1, 0.15) is 35.2 Å². The minimum atomic E-state index is 0. The molecule has 0 amide bonds. The van der Waals surface area contributed by atoms with Crippen molar-refractivity contribution in [1.82, 2.24) is 4.57 Å². The summed E-state index contributed by atoms with van der Waals surface area (Å²) in [5.41, 5.74) is 1.79. The van der Waals surface area contributed by atoms with Crippen LogP contribution in [0.25, 0.3) is 0 Å². The number of thiazole rings is 1. The summed E-state index contributed by atoms with van der Waals surface area (Å²) in [6.45, 7) is 0.241. The molecular weight excluding hydrogens is 372 g/mol. The first-order chi connectivity index (χ1) is 9.65. The summed E-state index contributed by atoms with van der Waals surface area (Å²) in [4.78, 5) is 14.1. The second-order valence-electron chi connectivity index (χ2n) is 5.00. The summed E-state index contributed by atoms with van der Waals surface area (Å²) >= 11 is 7.43. The maximum Gasteiger partial charge on any atom is 1.00 e. The molecule has 1 aromatic carbocycles. The second-order valence-corrected chi connectivity index (χ2v) is 6.52. The highest BCUT2D eigenvalue weighted by atomic mass is 79.9. The molecule has 21 heavy (non-hydrogen) atoms. The molecule has 3 rings (SSSR count). The van der Waals surface area contributed by atoms with Gasteiger partial charge in [0.05, 0.1) is 6.54 Å². The lowest BCUT2D eigenvalue weighted by molar-refractivity contribution is -0.0000120. The molecular formula is C15H16BrClN2OS. The third kappa shape index (κ3) is 3.47. The number of hydrogen-bond acceptors (Lipinski definition) is 3. The molecule has 1 aromatic heterocycles. The summed E-state index contributed by atoms with van der Waals surface area (Å²) in [6, 6.07) is 7.00. The normalized spacial score (nSPS) is 13.4. The van der Waals surface area contributed by atoms with Crippen LogP contribution in [0.2, 0.25) is 5.02 Å². The van der Waals surface area contributed by atoms with Crippen LogP contribution < -0.4 is 21.8 Å². The molecule has 0 fully saturated rings. The number of carbonyl (C=O) groups excluding carboxylic acids is 1. The van der Waals surface area contributed by atoms with Crippen LogP contribution >= 0.6 is 22.9 Å². The molecule has 0 aliphatic heterocycles. The predicted octanol–water partition coefficient (Wildman–Crippen LogP) is 0.561. The van der Waals surface area contributed by atoms with Crippen molar-refractivity contribution in [3.05, 3.63) is 50.2 Å². The number of aromatic nitrogens is 1. The van der Waals surface area contributed by atoms with Gasteiger partial charge in [0.15, 0.2) is 10.6 Å². The zero-order valence-corrected chi connectivity index (χ0v) is 14.5. The van der Waals surface area contributed by atoms with Crippen molar-refractivity contribution in [3.8, 4) is 0 Å². The maximum absolute atomic E-state index is 12.3. The molecule has 1 aliphatic rings. The number of halogens is 2. The summed E-state index contributed by atoms with van der Waals surface area (Å²) < 4.78 is 1.86. The van der Waals surface area contributed by atoms with Crippen LogP contribution in [0, 0.1) is 5.41 Å². The van der Waals surface area contributed by atoms with Crippen molar-refractivity contribution in [1.29, 1.82) is 5.41 Å². The molecule has 0 saturated heterocycles. The third-order valence-corrected chi connectivity index (χ3v) is 4.96. The van der Waals surface area contributed by atoms with Crippen molar-refractivity contribution in [2.24, 2.45) is 0 Å². The van der Waals surface area contributed by atoms with Gasteiger partial charge in [-0.1, -0.05) is 23.7 Å². The Labute approximate surface area is 144 Å². The topological polar surface area (TPSA) is 45.9 Å². The first kappa shape index (κ1) is 16.5. The number of ketones is 1. The number of nitrogens with zero attached hydrogens (tertiary/aromatic N) is 1. The lowest BCUT2D eigenvalue weighted by Crippen LogP contribution is -3.00. The molecule has 1 heterocycles. The van der Waals surface area contributed by atoms with E-state index >= 15 is 0 Å². The predicted molar refractivity (Wildman–Crippen MR) is 81.7 cm³/mol. The highest BCUT2D eigenvalue weighted by Crippen LogP contribution is 2.23. The lowest BCUT2D eigenvalue weighted by Gasteiger charge is -2.14. The Morgan fingerprint density at radius 2 is 2.14 bits per heavy atom. The van der Waals surface area contributed by atoms with Crippen LogP contribution in [0.4, 0.5) is 0 Å². The standard InChI is InChI=1S/C15H15ClN2OS.BrH/c16-11-5-3-4-10(8-11)13(19)9-18-12-6-1-2-7-14(12)20-15(18)17;/h3-5,8,17H,1-2,6-7,9H2;1H. The van der Waals surface area contributed by atoms with Gasteiger partial charge in [0, 0.05) is 21.2 Å². The van der Waals surface area contributed by atoms with Crippen LogP contribution in [-0.4, -0.2) is 10.4 Å². The fourth-order valence-electron chi connectivity index (χ4n) is 2.62. The minimum Gasteiger partial charge on any atom is -1.00 e. The SMILES string of the molecule is N=c1sc2c(n1CC(=O)c1cccc(Cl)c1)CCCC2.[Br-].[H+]. The number of aryl methyl sites for hydroxylation is 1. The molecule has 0 radical (unpaired) electrons. The summed E-state index contributed by atoms with van der Waals surface area (Å²) in [6.07, 6.45) is 4.36. The Balaban J connectivity index is 0.00000121. The van der Waals surface area contributed by atoms with E-state index in [0.29, 0.717) is 15.4 Å². The molecule has 6 heteroatoms. The van der Waals surface area contributed by atoms with E-state index < -0.39 is 0 Å². The van der Waals surface area contributed by atoms with Gasteiger partial charge in [-0.2, -0.15) is 0 Å². The first-order valence-electron chi connectivity index (χ1n) is 6.70. The zero-order valence-electron chi connectivity index (χ0n) is 12.4. The van der Waals surface area contributed by atoms with Gasteiger partial charge in [0.2, 0.25) is 0 Å². The van der Waals surface area contributed by atoms with E-state index in [1.54, 1.807) is 24.3 Å². The largest absolute Gasteiger partial charge is 1.00 e. The average Bonchev–Trinajstić information content (AvgIpc) is 2.75. The van der Waals surface area contributed by atoms with E-state index in [9.17, 15) is 4.79 Å². The van der Waals surface area contributed by atoms with E-state index in [2.05, 4.69) is 0 Å². The van der Waals surface area contributed by atoms with Crippen LogP contribution in [0.3, 0.4) is 0 Å². The van der Waals surface area contributed by atoms with Gasteiger partial charge >= 0.3 is 1.43 Å². The van der Waals surface area contributed by atoms with Gasteiger partial charge in [-0.15, -0.1) is 11.3 Å². The number of rotatable bonds is 3. The van der Waals surface area contributed by atoms with Gasteiger partial charge in [0.1, 0.15) is 0 Å². The van der Waals surface area contributed by atoms with E-state index in [4.69, 9.17) is 17.0 Å². The smallest absolute Gasteiger partial charge is 1.00 e. The van der Waals surface area contributed by atoms with Crippen LogP contribution in [-0.2, 0) is 19.4 Å². The van der Waals surface area contributed by atoms with Gasteiger partial charge in [-0.05, 0) is 37.8 Å². The Morgan fingerprint density at radius 3 is 2.90 bits per heavy atom. The highest BCUT2D eigenvalue weighted by molar-refractivity contribution is 7.09. The Kier molecular flexibility index (Phi) is 5.41. The third-order valence-electron chi connectivity index (χ3n) is 3.63. The first-order valence-corrected chi connectivity index (χ1v) is 7.89. The van der Waals surface area contributed by atoms with Gasteiger partial charge in [-0.25, -0.2) is 0 Å². The molecule has 0 bridgehead atoms. The fourth-order valence-corrected chi connectivity index (χ4v) is 3.90. The molecule has 1 N–H and O–H groups in total. The van der Waals surface area contributed by atoms with Crippen molar-refractivity contribution >= 4 is 28.7 Å². The lowest BCUT2D eigenvalue weighted by atomic mass is 10.0. The Hall–Kier alpha value is -0.910. The van der Waals surface area contributed by atoms with Crippen LogP contribution in [0.15, 0.2) is 24.3 Å². The molecule has 0 saturated carbocycles. The quantitative estimate of drug-likeness (QED) is 0.769. The molecule has 0 unspecified atom stereocenters. The van der Waals surface area contributed by atoms with Gasteiger partial charge in [-0.3, -0.25) is 10.2 Å². The maximum atomic E-state index is 12.3. The number of hydrogen-bond donors (Lipinski definition) is 1. The summed E-state index contributed by atoms with van der Waals surface area (Å²) in [5.74, 6) is 0.0113. The Morgan fingerprint density at radius 1 is 1.38 bits per heavy atom. The van der Waals surface area contributed by atoms with Crippen molar-refractivity contribution in [2.75, 3.05) is 0 Å². The average molecular weight is 388 g/mol. The van der Waals surface area contributed by atoms with E-state index in [0.717, 1.165) is 19.3 Å². The minimum absolute atomic E-state index is 0. The number of nitrogens with one attached hydrogen (secondary N) is 1. The number of fused-ring (bicyclic) bond motifs is 1. The monoisotopic (exact) mass is 386 g/mol. The molecule has 3 nitrogen and oxygen atoms in total. The second kappa shape index (κ2) is 6.90. The van der Waals surface area contributed by atoms with E-state index in [1.807, 2.05) is 4.57 Å². The highest BCUT2D eigenvalue weighted by Gasteiger charge is 2.18.